The largest absolute Gasteiger partial charge is 0.398 e. The molecule has 1 saturated heterocycles. The molecule has 4 N–H and O–H groups in total. The van der Waals surface area contributed by atoms with Crippen molar-refractivity contribution in [3.8, 4) is 11.3 Å². The molecule has 0 radical (unpaired) electrons. The third-order valence-electron chi connectivity index (χ3n) is 7.50. The third kappa shape index (κ3) is 4.58. The molecule has 1 aliphatic carbocycles. The molecule has 0 amide bonds. The number of benzene rings is 1. The number of rotatable bonds is 9. The van der Waals surface area contributed by atoms with E-state index in [2.05, 4.69) is 55.5 Å². The van der Waals surface area contributed by atoms with Crippen LogP contribution in [0, 0.1) is 11.3 Å². The van der Waals surface area contributed by atoms with Crippen molar-refractivity contribution in [1.82, 2.24) is 29.7 Å². The number of nitrogens with two attached hydrogens (primary N) is 1. The Labute approximate surface area is 210 Å². The van der Waals surface area contributed by atoms with Crippen molar-refractivity contribution in [3.05, 3.63) is 59.7 Å². The molecule has 0 spiro atoms. The second-order valence-electron chi connectivity index (χ2n) is 10.1. The minimum absolute atomic E-state index is 0.519. The minimum Gasteiger partial charge on any atom is -0.398 e. The molecule has 0 bridgehead atoms. The molecular formula is C27H33N9. The van der Waals surface area contributed by atoms with Crippen LogP contribution >= 0.6 is 0 Å². The lowest BCUT2D eigenvalue weighted by Gasteiger charge is -2.25. The summed E-state index contributed by atoms with van der Waals surface area (Å²) in [5.74, 6) is 0.857. The first-order valence-electron chi connectivity index (χ1n) is 12.9. The van der Waals surface area contributed by atoms with Crippen LogP contribution in [0.4, 0.5) is 11.4 Å². The Hall–Kier alpha value is -3.72. The van der Waals surface area contributed by atoms with Gasteiger partial charge < -0.3 is 25.8 Å². The average molecular weight is 484 g/mol. The van der Waals surface area contributed by atoms with E-state index in [4.69, 9.17) is 16.1 Å². The smallest absolute Gasteiger partial charge is 0.137 e. The predicted molar refractivity (Wildman–Crippen MR) is 143 cm³/mol. The van der Waals surface area contributed by atoms with Crippen LogP contribution in [0.25, 0.3) is 16.9 Å². The molecule has 3 aromatic heterocycles. The van der Waals surface area contributed by atoms with E-state index in [9.17, 15) is 0 Å². The molecule has 9 nitrogen and oxygen atoms in total. The highest BCUT2D eigenvalue weighted by molar-refractivity contribution is 5.96. The number of hydrogen-bond donors (Lipinski definition) is 3. The Kier molecular flexibility index (Phi) is 6.14. The SMILES string of the molecule is N=Cc1c(N)cc(N2CCCC2)cc1-c1cn(Cc2cn3cc(CNCC4CCC4)ccc3n2)nn1. The number of nitrogens with one attached hydrogen (secondary N) is 2. The fourth-order valence-electron chi connectivity index (χ4n) is 5.24. The standard InChI is InChI=1S/C27H33N9/c28-12-24-23(10-22(11-25(24)29)34-8-1-2-9-34)26-18-36(33-32-26)17-21-16-35-15-20(6-7-27(35)31-21)14-30-13-19-4-3-5-19/h6-7,10-12,15-16,18-19,28,30H,1-5,8-9,13-14,17,29H2. The molecule has 186 valence electrons. The van der Waals surface area contributed by atoms with Gasteiger partial charge in [0.25, 0.3) is 0 Å². The van der Waals surface area contributed by atoms with Gasteiger partial charge in [-0.3, -0.25) is 0 Å². The van der Waals surface area contributed by atoms with Gasteiger partial charge in [0, 0.05) is 60.7 Å². The molecule has 6 rings (SSSR count). The Morgan fingerprint density at radius 2 is 1.94 bits per heavy atom. The highest BCUT2D eigenvalue weighted by Crippen LogP contribution is 2.32. The normalized spacial score (nSPS) is 16.1. The fraction of sp³-hybridized carbons (Fsp3) is 0.407. The van der Waals surface area contributed by atoms with Crippen molar-refractivity contribution in [2.75, 3.05) is 30.3 Å². The van der Waals surface area contributed by atoms with E-state index in [0.717, 1.165) is 54.7 Å². The van der Waals surface area contributed by atoms with E-state index in [0.29, 0.717) is 23.5 Å². The van der Waals surface area contributed by atoms with Crippen molar-refractivity contribution in [2.45, 2.75) is 45.2 Å². The van der Waals surface area contributed by atoms with Crippen LogP contribution in [-0.4, -0.2) is 50.2 Å². The predicted octanol–water partition coefficient (Wildman–Crippen LogP) is 3.71. The molecule has 0 unspecified atom stereocenters. The maximum Gasteiger partial charge on any atom is 0.137 e. The molecule has 2 aliphatic rings. The quantitative estimate of drug-likeness (QED) is 0.247. The average Bonchev–Trinajstić information content (AvgIpc) is 3.61. The number of fused-ring (bicyclic) bond motifs is 1. The monoisotopic (exact) mass is 483 g/mol. The molecule has 1 aromatic carbocycles. The van der Waals surface area contributed by atoms with E-state index in [1.807, 2.05) is 12.3 Å². The van der Waals surface area contributed by atoms with Gasteiger partial charge >= 0.3 is 0 Å². The Bertz CT molecular complexity index is 1380. The summed E-state index contributed by atoms with van der Waals surface area (Å²) < 4.78 is 3.88. The van der Waals surface area contributed by atoms with Crippen molar-refractivity contribution in [2.24, 2.45) is 5.92 Å². The van der Waals surface area contributed by atoms with Crippen LogP contribution in [0.1, 0.15) is 48.9 Å². The van der Waals surface area contributed by atoms with Crippen LogP contribution in [0.15, 0.2) is 42.9 Å². The number of pyridine rings is 1. The summed E-state index contributed by atoms with van der Waals surface area (Å²) in [5, 5.41) is 20.3. The minimum atomic E-state index is 0.519. The summed E-state index contributed by atoms with van der Waals surface area (Å²) in [6, 6.07) is 8.26. The van der Waals surface area contributed by atoms with Gasteiger partial charge in [0.15, 0.2) is 0 Å². The first-order valence-corrected chi connectivity index (χ1v) is 12.9. The van der Waals surface area contributed by atoms with Crippen molar-refractivity contribution in [3.63, 3.8) is 0 Å². The van der Waals surface area contributed by atoms with E-state index < -0.39 is 0 Å². The maximum absolute atomic E-state index is 7.90. The zero-order valence-electron chi connectivity index (χ0n) is 20.5. The summed E-state index contributed by atoms with van der Waals surface area (Å²) in [5.41, 5.74) is 13.3. The summed E-state index contributed by atoms with van der Waals surface area (Å²) >= 11 is 0. The van der Waals surface area contributed by atoms with Crippen molar-refractivity contribution >= 4 is 23.2 Å². The van der Waals surface area contributed by atoms with Crippen LogP contribution < -0.4 is 16.0 Å². The van der Waals surface area contributed by atoms with Crippen LogP contribution in [-0.2, 0) is 13.1 Å². The molecular weight excluding hydrogens is 450 g/mol. The van der Waals surface area contributed by atoms with Crippen LogP contribution in [0.5, 0.6) is 0 Å². The number of nitrogens with zero attached hydrogens (tertiary/aromatic N) is 6. The van der Waals surface area contributed by atoms with Crippen LogP contribution in [0.2, 0.25) is 0 Å². The first-order chi connectivity index (χ1) is 17.7. The van der Waals surface area contributed by atoms with Gasteiger partial charge in [0.2, 0.25) is 0 Å². The summed E-state index contributed by atoms with van der Waals surface area (Å²) in [7, 11) is 0. The number of hydrogen-bond acceptors (Lipinski definition) is 7. The Balaban J connectivity index is 1.19. The number of nitrogen functional groups attached to an aromatic ring is 1. The molecule has 2 fully saturated rings. The molecule has 4 heterocycles. The topological polar surface area (TPSA) is 113 Å². The summed E-state index contributed by atoms with van der Waals surface area (Å²) in [6.45, 7) is 4.56. The van der Waals surface area contributed by atoms with Gasteiger partial charge in [0.1, 0.15) is 11.3 Å². The number of anilines is 2. The van der Waals surface area contributed by atoms with Crippen LogP contribution in [0.3, 0.4) is 0 Å². The van der Waals surface area contributed by atoms with E-state index >= 15 is 0 Å². The molecule has 1 saturated carbocycles. The lowest BCUT2D eigenvalue weighted by Crippen LogP contribution is -2.26. The van der Waals surface area contributed by atoms with Gasteiger partial charge in [-0.25, -0.2) is 9.67 Å². The first kappa shape index (κ1) is 22.7. The highest BCUT2D eigenvalue weighted by atomic mass is 15.4. The lowest BCUT2D eigenvalue weighted by atomic mass is 9.85. The molecule has 1 aliphatic heterocycles. The Morgan fingerprint density at radius 3 is 2.72 bits per heavy atom. The zero-order chi connectivity index (χ0) is 24.5. The molecule has 0 atom stereocenters. The highest BCUT2D eigenvalue weighted by Gasteiger charge is 2.19. The lowest BCUT2D eigenvalue weighted by molar-refractivity contribution is 0.301. The maximum atomic E-state index is 7.90. The fourth-order valence-corrected chi connectivity index (χ4v) is 5.24. The third-order valence-corrected chi connectivity index (χ3v) is 7.50. The zero-order valence-corrected chi connectivity index (χ0v) is 20.5. The van der Waals surface area contributed by atoms with Crippen molar-refractivity contribution < 1.29 is 0 Å². The molecule has 9 heteroatoms. The second-order valence-corrected chi connectivity index (χ2v) is 10.1. The van der Waals surface area contributed by atoms with Gasteiger partial charge in [-0.1, -0.05) is 17.7 Å². The Morgan fingerprint density at radius 1 is 1.08 bits per heavy atom. The van der Waals surface area contributed by atoms with Crippen molar-refractivity contribution in [1.29, 1.82) is 5.41 Å². The summed E-state index contributed by atoms with van der Waals surface area (Å²) in [6.07, 6.45) is 13.9. The van der Waals surface area contributed by atoms with Gasteiger partial charge in [-0.15, -0.1) is 5.10 Å². The van der Waals surface area contributed by atoms with E-state index in [1.54, 1.807) is 4.68 Å². The number of imidazole rings is 1. The molecule has 36 heavy (non-hydrogen) atoms. The second kappa shape index (κ2) is 9.73. The van der Waals surface area contributed by atoms with Gasteiger partial charge in [0.05, 0.1) is 18.4 Å². The van der Waals surface area contributed by atoms with E-state index in [-0.39, 0.29) is 0 Å². The van der Waals surface area contributed by atoms with Gasteiger partial charge in [-0.05, 0) is 61.9 Å². The van der Waals surface area contributed by atoms with Gasteiger partial charge in [-0.2, -0.15) is 0 Å². The number of aromatic nitrogens is 5. The van der Waals surface area contributed by atoms with E-state index in [1.165, 1.54) is 43.9 Å². The molecule has 4 aromatic rings. The summed E-state index contributed by atoms with van der Waals surface area (Å²) in [4.78, 5) is 7.11.